The van der Waals surface area contributed by atoms with Crippen LogP contribution in [0.15, 0.2) is 16.6 Å². The van der Waals surface area contributed by atoms with Crippen LogP contribution in [0.3, 0.4) is 0 Å². The molecule has 0 aliphatic carbocycles. The van der Waals surface area contributed by atoms with E-state index >= 15 is 0 Å². The van der Waals surface area contributed by atoms with Gasteiger partial charge in [-0.1, -0.05) is 23.2 Å². The van der Waals surface area contributed by atoms with E-state index in [0.717, 1.165) is 33.9 Å². The molecule has 1 aliphatic rings. The largest absolute Gasteiger partial charge is 0.464 e. The quantitative estimate of drug-likeness (QED) is 0.558. The number of ether oxygens (including phenoxy) is 1. The smallest absolute Gasteiger partial charge is 0.329 e. The molecule has 0 radical (unpaired) electrons. The van der Waals surface area contributed by atoms with Gasteiger partial charge in [-0.05, 0) is 47.8 Å². The molecule has 20 heavy (non-hydrogen) atoms. The zero-order valence-corrected chi connectivity index (χ0v) is 13.8. The van der Waals surface area contributed by atoms with Gasteiger partial charge in [-0.15, -0.1) is 0 Å². The number of nitrogens with zero attached hydrogens (tertiary/aromatic N) is 1. The van der Waals surface area contributed by atoms with Gasteiger partial charge < -0.3 is 9.30 Å². The van der Waals surface area contributed by atoms with Crippen molar-refractivity contribution < 1.29 is 9.53 Å². The summed E-state index contributed by atoms with van der Waals surface area (Å²) in [7, 11) is 0. The molecule has 1 atom stereocenters. The number of halogens is 3. The van der Waals surface area contributed by atoms with E-state index in [4.69, 9.17) is 27.9 Å². The fraction of sp³-hybridized carbons (Fsp3) is 0.357. The predicted octanol–water partition coefficient (Wildman–Crippen LogP) is 4.76. The van der Waals surface area contributed by atoms with Gasteiger partial charge in [0.05, 0.1) is 22.2 Å². The second-order valence-corrected chi connectivity index (χ2v) is 6.37. The van der Waals surface area contributed by atoms with Crippen molar-refractivity contribution in [2.75, 3.05) is 6.61 Å². The Morgan fingerprint density at radius 3 is 2.95 bits per heavy atom. The maximum absolute atomic E-state index is 12.1. The van der Waals surface area contributed by atoms with E-state index < -0.39 is 0 Å². The number of hydrogen-bond donors (Lipinski definition) is 0. The first-order valence-corrected chi connectivity index (χ1v) is 7.93. The Hall–Kier alpha value is -0.710. The van der Waals surface area contributed by atoms with Crippen molar-refractivity contribution in [1.29, 1.82) is 0 Å². The molecule has 0 spiro atoms. The average molecular weight is 377 g/mol. The van der Waals surface area contributed by atoms with Crippen LogP contribution in [0.25, 0.3) is 10.9 Å². The first-order valence-electron chi connectivity index (χ1n) is 6.38. The van der Waals surface area contributed by atoms with Crippen molar-refractivity contribution in [2.45, 2.75) is 25.8 Å². The van der Waals surface area contributed by atoms with Crippen LogP contribution in [-0.4, -0.2) is 17.1 Å². The van der Waals surface area contributed by atoms with Gasteiger partial charge in [-0.2, -0.15) is 0 Å². The van der Waals surface area contributed by atoms with Crippen LogP contribution >= 0.6 is 39.1 Å². The van der Waals surface area contributed by atoms with E-state index in [9.17, 15) is 4.79 Å². The van der Waals surface area contributed by atoms with Crippen LogP contribution in [0.4, 0.5) is 0 Å². The Bertz CT molecular complexity index is 711. The number of rotatable bonds is 2. The van der Waals surface area contributed by atoms with Crippen LogP contribution in [0.1, 0.15) is 25.1 Å². The minimum absolute atomic E-state index is 0.193. The molecule has 0 saturated heterocycles. The molecule has 2 heterocycles. The number of carbonyl (C=O) groups is 1. The van der Waals surface area contributed by atoms with Gasteiger partial charge in [0.1, 0.15) is 6.04 Å². The van der Waals surface area contributed by atoms with Crippen molar-refractivity contribution in [1.82, 2.24) is 4.57 Å². The number of carbonyl (C=O) groups excluding carboxylic acids is 1. The van der Waals surface area contributed by atoms with E-state index in [2.05, 4.69) is 15.9 Å². The molecule has 3 rings (SSSR count). The maximum atomic E-state index is 12.1. The van der Waals surface area contributed by atoms with Gasteiger partial charge in [-0.3, -0.25) is 0 Å². The molecule has 0 N–H and O–H groups in total. The monoisotopic (exact) mass is 375 g/mol. The minimum atomic E-state index is -0.281. The highest BCUT2D eigenvalue weighted by molar-refractivity contribution is 9.10. The maximum Gasteiger partial charge on any atom is 0.329 e. The van der Waals surface area contributed by atoms with Crippen LogP contribution in [0, 0.1) is 0 Å². The lowest BCUT2D eigenvalue weighted by molar-refractivity contribution is -0.146. The van der Waals surface area contributed by atoms with Crippen molar-refractivity contribution in [3.8, 4) is 0 Å². The number of esters is 1. The fourth-order valence-electron chi connectivity index (χ4n) is 2.78. The van der Waals surface area contributed by atoms with E-state index in [1.54, 1.807) is 6.07 Å². The summed E-state index contributed by atoms with van der Waals surface area (Å²) in [5.41, 5.74) is 1.99. The third-order valence-electron chi connectivity index (χ3n) is 3.59. The molecular formula is C14H12BrCl2NO2. The van der Waals surface area contributed by atoms with Crippen LogP contribution < -0.4 is 0 Å². The average Bonchev–Trinajstić information content (AvgIpc) is 2.94. The number of aryl methyl sites for hydroxylation is 1. The highest BCUT2D eigenvalue weighted by atomic mass is 79.9. The van der Waals surface area contributed by atoms with E-state index in [-0.39, 0.29) is 12.0 Å². The van der Waals surface area contributed by atoms with Gasteiger partial charge in [0.2, 0.25) is 0 Å². The third-order valence-corrected chi connectivity index (χ3v) is 4.99. The molecule has 6 heteroatoms. The summed E-state index contributed by atoms with van der Waals surface area (Å²) >= 11 is 15.9. The number of aromatic nitrogens is 1. The molecule has 1 aromatic heterocycles. The molecule has 1 aromatic carbocycles. The van der Waals surface area contributed by atoms with Gasteiger partial charge in [-0.25, -0.2) is 4.79 Å². The lowest BCUT2D eigenvalue weighted by Gasteiger charge is -2.15. The summed E-state index contributed by atoms with van der Waals surface area (Å²) in [6.07, 6.45) is 1.59. The zero-order valence-electron chi connectivity index (χ0n) is 10.8. The predicted molar refractivity (Wildman–Crippen MR) is 83.6 cm³/mol. The molecule has 1 aliphatic heterocycles. The number of hydrogen-bond acceptors (Lipinski definition) is 2. The summed E-state index contributed by atoms with van der Waals surface area (Å²) in [4.78, 5) is 12.1. The first-order chi connectivity index (χ1) is 9.54. The van der Waals surface area contributed by atoms with Crippen LogP contribution in [0.5, 0.6) is 0 Å². The van der Waals surface area contributed by atoms with Gasteiger partial charge in [0.15, 0.2) is 0 Å². The summed E-state index contributed by atoms with van der Waals surface area (Å²) < 4.78 is 8.01. The van der Waals surface area contributed by atoms with Gasteiger partial charge >= 0.3 is 5.97 Å². The van der Waals surface area contributed by atoms with Crippen molar-refractivity contribution in [2.24, 2.45) is 0 Å². The Morgan fingerprint density at radius 1 is 1.50 bits per heavy atom. The highest BCUT2D eigenvalue weighted by Crippen LogP contribution is 2.42. The Balaban J connectivity index is 2.22. The molecule has 3 nitrogen and oxygen atoms in total. The molecule has 2 aromatic rings. The summed E-state index contributed by atoms with van der Waals surface area (Å²) in [5, 5.41) is 1.90. The van der Waals surface area contributed by atoms with Gasteiger partial charge in [0, 0.05) is 15.6 Å². The zero-order chi connectivity index (χ0) is 14.4. The fourth-order valence-corrected chi connectivity index (χ4v) is 3.96. The van der Waals surface area contributed by atoms with Crippen LogP contribution in [-0.2, 0) is 16.0 Å². The van der Waals surface area contributed by atoms with Crippen molar-refractivity contribution >= 4 is 56.0 Å². The Kier molecular flexibility index (Phi) is 3.73. The standard InChI is InChI=1S/C14H12BrCl2NO2/c1-2-20-14(19)11-4-3-7-5-8-12(17)10(16)6-9(15)13(8)18(7)11/h5-6,11H,2-4H2,1H3. The van der Waals surface area contributed by atoms with Crippen LogP contribution in [0.2, 0.25) is 10.0 Å². The second-order valence-electron chi connectivity index (χ2n) is 4.73. The lowest BCUT2D eigenvalue weighted by atomic mass is 10.1. The first kappa shape index (κ1) is 14.2. The Morgan fingerprint density at radius 2 is 2.25 bits per heavy atom. The second kappa shape index (κ2) is 5.24. The molecule has 0 fully saturated rings. The summed E-state index contributed by atoms with van der Waals surface area (Å²) in [6, 6.07) is 3.49. The lowest BCUT2D eigenvalue weighted by Crippen LogP contribution is -2.18. The molecule has 0 amide bonds. The highest BCUT2D eigenvalue weighted by Gasteiger charge is 2.32. The van der Waals surface area contributed by atoms with Gasteiger partial charge in [0.25, 0.3) is 0 Å². The normalized spacial score (nSPS) is 17.5. The molecular weight excluding hydrogens is 365 g/mol. The van der Waals surface area contributed by atoms with E-state index in [1.165, 1.54) is 0 Å². The van der Waals surface area contributed by atoms with E-state index in [1.807, 2.05) is 17.6 Å². The topological polar surface area (TPSA) is 31.2 Å². The number of fused-ring (bicyclic) bond motifs is 3. The summed E-state index contributed by atoms with van der Waals surface area (Å²) in [5.74, 6) is -0.193. The molecule has 106 valence electrons. The third kappa shape index (κ3) is 2.05. The molecule has 0 saturated carbocycles. The molecule has 1 unspecified atom stereocenters. The van der Waals surface area contributed by atoms with Crippen molar-refractivity contribution in [3.05, 3.63) is 32.3 Å². The SMILES string of the molecule is CCOC(=O)C1CCc2cc3c(Cl)c(Cl)cc(Br)c3n21. The minimum Gasteiger partial charge on any atom is -0.464 e. The number of benzene rings is 1. The summed E-state index contributed by atoms with van der Waals surface area (Å²) in [6.45, 7) is 2.20. The molecule has 0 bridgehead atoms. The Labute approximate surface area is 134 Å². The van der Waals surface area contributed by atoms with Crippen molar-refractivity contribution in [3.63, 3.8) is 0 Å². The van der Waals surface area contributed by atoms with E-state index in [0.29, 0.717) is 16.7 Å².